The predicted octanol–water partition coefficient (Wildman–Crippen LogP) is 2.16. The highest BCUT2D eigenvalue weighted by Gasteiger charge is 2.40. The fraction of sp³-hybridized carbons (Fsp3) is 0.417. The van der Waals surface area contributed by atoms with Gasteiger partial charge < -0.3 is 10.5 Å². The summed E-state index contributed by atoms with van der Waals surface area (Å²) in [5.41, 5.74) is 4.65. The number of nitrogens with zero attached hydrogens (tertiary/aromatic N) is 1. The van der Waals surface area contributed by atoms with Crippen molar-refractivity contribution in [1.82, 2.24) is 4.90 Å². The highest BCUT2D eigenvalue weighted by atomic mass is 19.4. The van der Waals surface area contributed by atoms with Gasteiger partial charge in [0.2, 0.25) is 0 Å². The van der Waals surface area contributed by atoms with E-state index in [9.17, 15) is 18.0 Å². The number of carbonyl (C=O) groups excluding carboxylic acids is 1. The summed E-state index contributed by atoms with van der Waals surface area (Å²) in [4.78, 5) is 12.7. The van der Waals surface area contributed by atoms with Crippen LogP contribution in [0.5, 0.6) is 0 Å². The molecule has 0 bridgehead atoms. The number of cyclic esters (lactones) is 1. The van der Waals surface area contributed by atoms with E-state index in [2.05, 4.69) is 0 Å². The molecule has 1 aromatic rings. The smallest absolute Gasteiger partial charge is 0.416 e. The predicted molar refractivity (Wildman–Crippen MR) is 61.3 cm³/mol. The average molecular weight is 274 g/mol. The Morgan fingerprint density at radius 2 is 2.05 bits per heavy atom. The number of hydrogen-bond donors (Lipinski definition) is 1. The third-order valence-electron chi connectivity index (χ3n) is 2.97. The van der Waals surface area contributed by atoms with Crippen LogP contribution in [0.3, 0.4) is 0 Å². The molecule has 0 spiro atoms. The third-order valence-corrected chi connectivity index (χ3v) is 2.97. The molecule has 1 amide bonds. The number of carbonyl (C=O) groups is 1. The number of amides is 1. The first kappa shape index (κ1) is 13.7. The third kappa shape index (κ3) is 2.65. The zero-order valence-corrected chi connectivity index (χ0v) is 9.98. The van der Waals surface area contributed by atoms with E-state index in [0.29, 0.717) is 0 Å². The number of nitrogens with two attached hydrogens (primary N) is 1. The highest BCUT2D eigenvalue weighted by Crippen LogP contribution is 2.38. The Balaban J connectivity index is 2.39. The van der Waals surface area contributed by atoms with Crippen molar-refractivity contribution in [2.45, 2.75) is 12.2 Å². The van der Waals surface area contributed by atoms with E-state index in [0.717, 1.165) is 6.07 Å². The molecule has 104 valence electrons. The molecule has 1 heterocycles. The van der Waals surface area contributed by atoms with E-state index in [1.54, 1.807) is 0 Å². The van der Waals surface area contributed by atoms with Crippen LogP contribution in [0.25, 0.3) is 0 Å². The molecular weight excluding hydrogens is 261 g/mol. The maximum atomic E-state index is 12.9. The molecule has 2 N–H and O–H groups in total. The molecule has 1 aliphatic rings. The van der Waals surface area contributed by atoms with Crippen molar-refractivity contribution >= 4 is 6.09 Å². The van der Waals surface area contributed by atoms with Gasteiger partial charge in [-0.3, -0.25) is 4.90 Å². The Morgan fingerprint density at radius 1 is 1.37 bits per heavy atom. The van der Waals surface area contributed by atoms with Gasteiger partial charge in [0.15, 0.2) is 0 Å². The molecule has 0 aliphatic carbocycles. The first-order chi connectivity index (χ1) is 8.95. The zero-order chi connectivity index (χ0) is 14.0. The Labute approximate surface area is 107 Å². The van der Waals surface area contributed by atoms with E-state index in [4.69, 9.17) is 10.5 Å². The van der Waals surface area contributed by atoms with E-state index >= 15 is 0 Å². The molecule has 0 radical (unpaired) electrons. The van der Waals surface area contributed by atoms with Crippen molar-refractivity contribution in [2.24, 2.45) is 5.73 Å². The van der Waals surface area contributed by atoms with Crippen LogP contribution in [0.1, 0.15) is 17.2 Å². The second-order valence-corrected chi connectivity index (χ2v) is 4.16. The Morgan fingerprint density at radius 3 is 2.68 bits per heavy atom. The Kier molecular flexibility index (Phi) is 3.66. The molecule has 1 aromatic carbocycles. The summed E-state index contributed by atoms with van der Waals surface area (Å²) >= 11 is 0. The van der Waals surface area contributed by atoms with Crippen LogP contribution >= 0.6 is 0 Å². The van der Waals surface area contributed by atoms with Crippen LogP contribution in [0.2, 0.25) is 0 Å². The van der Waals surface area contributed by atoms with Crippen molar-refractivity contribution in [2.75, 3.05) is 19.7 Å². The van der Waals surface area contributed by atoms with Gasteiger partial charge in [0, 0.05) is 13.1 Å². The molecule has 7 heteroatoms. The lowest BCUT2D eigenvalue weighted by Crippen LogP contribution is -2.33. The van der Waals surface area contributed by atoms with Crippen molar-refractivity contribution in [3.8, 4) is 0 Å². The van der Waals surface area contributed by atoms with Gasteiger partial charge in [-0.05, 0) is 11.6 Å². The van der Waals surface area contributed by atoms with Crippen molar-refractivity contribution in [3.63, 3.8) is 0 Å². The van der Waals surface area contributed by atoms with Crippen LogP contribution < -0.4 is 5.73 Å². The van der Waals surface area contributed by atoms with Crippen LogP contribution in [0.15, 0.2) is 24.3 Å². The largest absolute Gasteiger partial charge is 0.447 e. The lowest BCUT2D eigenvalue weighted by Gasteiger charge is -2.23. The van der Waals surface area contributed by atoms with E-state index < -0.39 is 23.9 Å². The molecule has 1 unspecified atom stereocenters. The molecular formula is C12H13F3N2O2. The van der Waals surface area contributed by atoms with Crippen molar-refractivity contribution < 1.29 is 22.7 Å². The number of halogens is 3. The van der Waals surface area contributed by atoms with Gasteiger partial charge in [-0.15, -0.1) is 0 Å². The van der Waals surface area contributed by atoms with Crippen LogP contribution in [-0.4, -0.2) is 30.7 Å². The summed E-state index contributed by atoms with van der Waals surface area (Å²) in [7, 11) is 0. The first-order valence-electron chi connectivity index (χ1n) is 5.74. The summed E-state index contributed by atoms with van der Waals surface area (Å²) in [5.74, 6) is 0. The van der Waals surface area contributed by atoms with E-state index in [-0.39, 0.29) is 25.3 Å². The molecule has 19 heavy (non-hydrogen) atoms. The van der Waals surface area contributed by atoms with Crippen molar-refractivity contribution in [3.05, 3.63) is 35.4 Å². The molecule has 1 aliphatic heterocycles. The second kappa shape index (κ2) is 5.08. The normalized spacial score (nSPS) is 19.7. The second-order valence-electron chi connectivity index (χ2n) is 4.16. The number of rotatable bonds is 3. The lowest BCUT2D eigenvalue weighted by molar-refractivity contribution is -0.138. The summed E-state index contributed by atoms with van der Waals surface area (Å²) < 4.78 is 43.6. The molecule has 1 atom stereocenters. The van der Waals surface area contributed by atoms with E-state index in [1.165, 1.54) is 23.1 Å². The number of hydrogen-bond acceptors (Lipinski definition) is 3. The maximum absolute atomic E-state index is 12.9. The summed E-state index contributed by atoms with van der Waals surface area (Å²) in [6, 6.07) is 4.44. The lowest BCUT2D eigenvalue weighted by atomic mass is 10.00. The fourth-order valence-electron chi connectivity index (χ4n) is 2.14. The van der Waals surface area contributed by atoms with Gasteiger partial charge in [0.25, 0.3) is 0 Å². The van der Waals surface area contributed by atoms with Crippen LogP contribution in [0, 0.1) is 0 Å². The minimum absolute atomic E-state index is 0.0364. The highest BCUT2D eigenvalue weighted by molar-refractivity contribution is 5.70. The summed E-state index contributed by atoms with van der Waals surface area (Å²) in [6.45, 7) is 0.238. The van der Waals surface area contributed by atoms with Gasteiger partial charge in [-0.25, -0.2) is 4.79 Å². The van der Waals surface area contributed by atoms with Gasteiger partial charge in [0.05, 0.1) is 11.6 Å². The maximum Gasteiger partial charge on any atom is 0.416 e. The van der Waals surface area contributed by atoms with Crippen LogP contribution in [-0.2, 0) is 10.9 Å². The van der Waals surface area contributed by atoms with Gasteiger partial charge in [-0.1, -0.05) is 18.2 Å². The zero-order valence-electron chi connectivity index (χ0n) is 9.98. The van der Waals surface area contributed by atoms with Gasteiger partial charge in [-0.2, -0.15) is 13.2 Å². The van der Waals surface area contributed by atoms with Crippen molar-refractivity contribution in [1.29, 1.82) is 0 Å². The monoisotopic (exact) mass is 274 g/mol. The minimum Gasteiger partial charge on any atom is -0.447 e. The van der Waals surface area contributed by atoms with E-state index in [1.807, 2.05) is 0 Å². The molecule has 1 fully saturated rings. The fourth-order valence-corrected chi connectivity index (χ4v) is 2.14. The Bertz CT molecular complexity index is 476. The summed E-state index contributed by atoms with van der Waals surface area (Å²) in [5, 5.41) is 0. The molecule has 0 aromatic heterocycles. The summed E-state index contributed by atoms with van der Waals surface area (Å²) in [6.07, 6.45) is -5.09. The van der Waals surface area contributed by atoms with Gasteiger partial charge in [0.1, 0.15) is 6.61 Å². The molecule has 2 rings (SSSR count). The average Bonchev–Trinajstić information content (AvgIpc) is 2.71. The molecule has 0 saturated carbocycles. The molecule has 4 nitrogen and oxygen atoms in total. The number of ether oxygens (including phenoxy) is 1. The number of alkyl halides is 3. The standard InChI is InChI=1S/C12H13F3N2O2/c13-12(14,15)9-4-2-1-3-8(9)10-7-19-11(18)17(10)6-5-16/h1-4,10H,5-7,16H2. The topological polar surface area (TPSA) is 55.6 Å². The molecule has 1 saturated heterocycles. The van der Waals surface area contributed by atoms with Gasteiger partial charge >= 0.3 is 12.3 Å². The first-order valence-corrected chi connectivity index (χ1v) is 5.74. The number of benzene rings is 1. The minimum atomic E-state index is -4.46. The van der Waals surface area contributed by atoms with Crippen LogP contribution in [0.4, 0.5) is 18.0 Å². The Hall–Kier alpha value is -1.76. The quantitative estimate of drug-likeness (QED) is 0.919. The SMILES string of the molecule is NCCN1C(=O)OCC1c1ccccc1C(F)(F)F.